The zero-order valence-corrected chi connectivity index (χ0v) is 9.83. The van der Waals surface area contributed by atoms with Gasteiger partial charge in [-0.3, -0.25) is 0 Å². The van der Waals surface area contributed by atoms with Crippen LogP contribution in [-0.2, 0) is 4.74 Å². The summed E-state index contributed by atoms with van der Waals surface area (Å²) in [6, 6.07) is 0.639. The van der Waals surface area contributed by atoms with Crippen molar-refractivity contribution < 1.29 is 9.53 Å². The van der Waals surface area contributed by atoms with Gasteiger partial charge in [-0.05, 0) is 47.5 Å². The highest BCUT2D eigenvalue weighted by Crippen LogP contribution is 2.25. The molecule has 0 aromatic rings. The van der Waals surface area contributed by atoms with Gasteiger partial charge in [0.05, 0.1) is 0 Å². The van der Waals surface area contributed by atoms with Crippen molar-refractivity contribution in [3.63, 3.8) is 0 Å². The summed E-state index contributed by atoms with van der Waals surface area (Å²) >= 11 is 0. The van der Waals surface area contributed by atoms with Crippen LogP contribution in [0, 0.1) is 0 Å². The molecule has 0 aromatic heterocycles. The lowest BCUT2D eigenvalue weighted by Crippen LogP contribution is -2.42. The van der Waals surface area contributed by atoms with Crippen molar-refractivity contribution in [2.24, 2.45) is 0 Å². The van der Waals surface area contributed by atoms with Gasteiger partial charge in [0, 0.05) is 12.1 Å². The number of hydrogen-bond acceptors (Lipinski definition) is 2. The second kappa shape index (κ2) is 3.79. The van der Waals surface area contributed by atoms with Gasteiger partial charge in [0.25, 0.3) is 0 Å². The van der Waals surface area contributed by atoms with E-state index >= 15 is 0 Å². The average Bonchev–Trinajstić information content (AvgIpc) is 2.27. The second-order valence-corrected chi connectivity index (χ2v) is 5.16. The van der Waals surface area contributed by atoms with Crippen LogP contribution in [0.15, 0.2) is 0 Å². The molecule has 0 saturated carbocycles. The van der Waals surface area contributed by atoms with Crippen LogP contribution < -0.4 is 0 Å². The molecule has 1 fully saturated rings. The number of carbonyl (C=O) groups is 1. The molecule has 1 aliphatic rings. The highest BCUT2D eigenvalue weighted by Gasteiger charge is 2.34. The molecule has 0 bridgehead atoms. The molecule has 1 unspecified atom stereocenters. The fraction of sp³-hybridized carbons (Fsp3) is 0.909. The van der Waals surface area contributed by atoms with E-state index in [1.165, 1.54) is 0 Å². The molecular formula is C11H21NO2. The third-order valence-corrected chi connectivity index (χ3v) is 2.56. The van der Waals surface area contributed by atoms with E-state index < -0.39 is 0 Å². The smallest absolute Gasteiger partial charge is 0.410 e. The van der Waals surface area contributed by atoms with Gasteiger partial charge in [-0.1, -0.05) is 0 Å². The Labute approximate surface area is 86.4 Å². The molecular weight excluding hydrogens is 178 g/mol. The largest absolute Gasteiger partial charge is 0.444 e. The van der Waals surface area contributed by atoms with Crippen LogP contribution >= 0.6 is 0 Å². The molecule has 0 spiro atoms. The Bertz CT molecular complexity index is 210. The number of rotatable bonds is 0. The van der Waals surface area contributed by atoms with Crippen LogP contribution in [0.25, 0.3) is 0 Å². The molecule has 0 N–H and O–H groups in total. The lowest BCUT2D eigenvalue weighted by Gasteiger charge is -2.29. The number of ether oxygens (including phenoxy) is 1. The van der Waals surface area contributed by atoms with Crippen LogP contribution in [0.3, 0.4) is 0 Å². The summed E-state index contributed by atoms with van der Waals surface area (Å²) < 4.78 is 5.35. The van der Waals surface area contributed by atoms with Crippen LogP contribution in [0.5, 0.6) is 0 Å². The Morgan fingerprint density at radius 2 is 1.64 bits per heavy atom. The normalized spacial score (nSPS) is 27.9. The van der Waals surface area contributed by atoms with E-state index in [1.54, 1.807) is 0 Å². The van der Waals surface area contributed by atoms with E-state index in [0.717, 1.165) is 12.8 Å². The van der Waals surface area contributed by atoms with E-state index in [1.807, 2.05) is 25.7 Å². The van der Waals surface area contributed by atoms with Crippen LogP contribution in [0.2, 0.25) is 0 Å². The number of likely N-dealkylation sites (tertiary alicyclic amines) is 1. The average molecular weight is 199 g/mol. The highest BCUT2D eigenvalue weighted by atomic mass is 16.6. The van der Waals surface area contributed by atoms with Gasteiger partial charge in [0.15, 0.2) is 0 Å². The van der Waals surface area contributed by atoms with Gasteiger partial charge < -0.3 is 9.64 Å². The third kappa shape index (κ3) is 2.63. The predicted octanol–water partition coefficient (Wildman–Crippen LogP) is 2.79. The zero-order valence-electron chi connectivity index (χ0n) is 9.83. The first-order chi connectivity index (χ1) is 6.31. The van der Waals surface area contributed by atoms with Gasteiger partial charge in [-0.2, -0.15) is 0 Å². The minimum Gasteiger partial charge on any atom is -0.444 e. The van der Waals surface area contributed by atoms with Crippen LogP contribution in [0.4, 0.5) is 4.79 Å². The van der Waals surface area contributed by atoms with Crippen molar-refractivity contribution in [3.05, 3.63) is 0 Å². The standard InChI is InChI=1S/C11H21NO2/c1-8-6-7-9(2)12(8)10(13)14-11(3,4)5/h8-9H,6-7H2,1-5H3/t8-,9?/m1/s1. The second-order valence-electron chi connectivity index (χ2n) is 5.16. The predicted molar refractivity (Wildman–Crippen MR) is 56.2 cm³/mol. The summed E-state index contributed by atoms with van der Waals surface area (Å²) in [5.74, 6) is 0. The molecule has 2 atom stereocenters. The Morgan fingerprint density at radius 1 is 1.21 bits per heavy atom. The van der Waals surface area contributed by atoms with Gasteiger partial charge in [-0.15, -0.1) is 0 Å². The lowest BCUT2D eigenvalue weighted by atomic mass is 10.2. The Hall–Kier alpha value is -0.730. The molecule has 1 aliphatic heterocycles. The summed E-state index contributed by atoms with van der Waals surface area (Å²) in [7, 11) is 0. The summed E-state index contributed by atoms with van der Waals surface area (Å²) in [4.78, 5) is 13.6. The van der Waals surface area contributed by atoms with E-state index in [0.29, 0.717) is 12.1 Å². The van der Waals surface area contributed by atoms with Crippen LogP contribution in [0.1, 0.15) is 47.5 Å². The molecule has 1 rings (SSSR count). The molecule has 1 heterocycles. The Balaban J connectivity index is 2.60. The number of amides is 1. The molecule has 14 heavy (non-hydrogen) atoms. The third-order valence-electron chi connectivity index (χ3n) is 2.56. The summed E-state index contributed by atoms with van der Waals surface area (Å²) in [6.07, 6.45) is 2.00. The maximum Gasteiger partial charge on any atom is 0.410 e. The zero-order chi connectivity index (χ0) is 10.9. The summed E-state index contributed by atoms with van der Waals surface area (Å²) in [6.45, 7) is 9.85. The van der Waals surface area contributed by atoms with Crippen molar-refractivity contribution in [2.45, 2.75) is 65.1 Å². The minimum atomic E-state index is -0.390. The molecule has 1 amide bonds. The molecule has 3 nitrogen and oxygen atoms in total. The quantitative estimate of drug-likeness (QED) is 0.600. The first-order valence-corrected chi connectivity index (χ1v) is 5.32. The minimum absolute atomic E-state index is 0.171. The van der Waals surface area contributed by atoms with Crippen molar-refractivity contribution in [1.29, 1.82) is 0 Å². The van der Waals surface area contributed by atoms with Gasteiger partial charge in [0.1, 0.15) is 5.60 Å². The Morgan fingerprint density at radius 3 is 2.00 bits per heavy atom. The molecule has 0 radical (unpaired) electrons. The van der Waals surface area contributed by atoms with Crippen molar-refractivity contribution in [2.75, 3.05) is 0 Å². The summed E-state index contributed by atoms with van der Waals surface area (Å²) in [5.41, 5.74) is -0.390. The fourth-order valence-corrected chi connectivity index (χ4v) is 1.87. The van der Waals surface area contributed by atoms with E-state index in [9.17, 15) is 4.79 Å². The Kier molecular flexibility index (Phi) is 3.07. The van der Waals surface area contributed by atoms with Crippen LogP contribution in [-0.4, -0.2) is 28.7 Å². The van der Waals surface area contributed by atoms with Gasteiger partial charge >= 0.3 is 6.09 Å². The fourth-order valence-electron chi connectivity index (χ4n) is 1.87. The highest BCUT2D eigenvalue weighted by molar-refractivity contribution is 5.69. The number of nitrogens with zero attached hydrogens (tertiary/aromatic N) is 1. The summed E-state index contributed by atoms with van der Waals surface area (Å²) in [5, 5.41) is 0. The van der Waals surface area contributed by atoms with Crippen molar-refractivity contribution >= 4 is 6.09 Å². The van der Waals surface area contributed by atoms with Crippen molar-refractivity contribution in [1.82, 2.24) is 4.90 Å². The SMILES string of the molecule is CC1CC[C@@H](C)N1C(=O)OC(C)(C)C. The topological polar surface area (TPSA) is 29.5 Å². The maximum atomic E-state index is 11.8. The monoisotopic (exact) mass is 199 g/mol. The van der Waals surface area contributed by atoms with Crippen molar-refractivity contribution in [3.8, 4) is 0 Å². The first-order valence-electron chi connectivity index (χ1n) is 5.32. The number of carbonyl (C=O) groups excluding carboxylic acids is 1. The molecule has 3 heteroatoms. The van der Waals surface area contributed by atoms with E-state index in [2.05, 4.69) is 13.8 Å². The van der Waals surface area contributed by atoms with E-state index in [-0.39, 0.29) is 11.7 Å². The maximum absolute atomic E-state index is 11.8. The molecule has 0 aliphatic carbocycles. The lowest BCUT2D eigenvalue weighted by molar-refractivity contribution is 0.0175. The molecule has 82 valence electrons. The van der Waals surface area contributed by atoms with E-state index in [4.69, 9.17) is 4.74 Å². The number of hydrogen-bond donors (Lipinski definition) is 0. The molecule has 1 saturated heterocycles. The molecule has 0 aromatic carbocycles. The van der Waals surface area contributed by atoms with Gasteiger partial charge in [0.2, 0.25) is 0 Å². The first kappa shape index (κ1) is 11.3. The van der Waals surface area contributed by atoms with Gasteiger partial charge in [-0.25, -0.2) is 4.79 Å².